The van der Waals surface area contributed by atoms with Gasteiger partial charge in [0, 0.05) is 12.6 Å². The minimum atomic E-state index is -4.37. The van der Waals surface area contributed by atoms with Crippen molar-refractivity contribution >= 4 is 11.9 Å². The second-order valence-corrected chi connectivity index (χ2v) is 6.72. The lowest BCUT2D eigenvalue weighted by atomic mass is 9.96. The molecule has 1 saturated carbocycles. The van der Waals surface area contributed by atoms with Crippen molar-refractivity contribution in [2.75, 3.05) is 13.6 Å². The molecule has 0 aliphatic heterocycles. The van der Waals surface area contributed by atoms with E-state index in [2.05, 4.69) is 10.6 Å². The lowest BCUT2D eigenvalue weighted by Crippen LogP contribution is -2.47. The van der Waals surface area contributed by atoms with Crippen LogP contribution in [0.2, 0.25) is 0 Å². The summed E-state index contributed by atoms with van der Waals surface area (Å²) >= 11 is 0. The van der Waals surface area contributed by atoms with Crippen LogP contribution < -0.4 is 10.6 Å². The highest BCUT2D eigenvalue weighted by Crippen LogP contribution is 2.29. The summed E-state index contributed by atoms with van der Waals surface area (Å²) in [6, 6.07) is 4.41. The number of carbonyl (C=O) groups excluding carboxylic acids is 2. The average molecular weight is 371 g/mol. The van der Waals surface area contributed by atoms with Crippen molar-refractivity contribution < 1.29 is 22.8 Å². The van der Waals surface area contributed by atoms with E-state index >= 15 is 0 Å². The van der Waals surface area contributed by atoms with Crippen LogP contribution in [0, 0.1) is 0 Å². The van der Waals surface area contributed by atoms with Crippen molar-refractivity contribution in [2.24, 2.45) is 0 Å². The standard InChI is InChI=1S/C18H24F3N3O2/c1-24(11-13-7-9-14(10-8-13)18(19,20)21)12-16(25)23-17(26)22-15-5-3-2-4-6-15/h7-10,15H,2-6,11-12H2,1H3,(H2,22,23,25,26). The fourth-order valence-corrected chi connectivity index (χ4v) is 3.05. The quantitative estimate of drug-likeness (QED) is 0.835. The Balaban J connectivity index is 1.75. The van der Waals surface area contributed by atoms with Crippen molar-refractivity contribution in [1.82, 2.24) is 15.5 Å². The normalized spacial score (nSPS) is 15.7. The van der Waals surface area contributed by atoms with E-state index in [4.69, 9.17) is 0 Å². The van der Waals surface area contributed by atoms with Gasteiger partial charge in [0.2, 0.25) is 5.91 Å². The van der Waals surface area contributed by atoms with Crippen LogP contribution in [0.25, 0.3) is 0 Å². The van der Waals surface area contributed by atoms with E-state index < -0.39 is 23.7 Å². The van der Waals surface area contributed by atoms with Crippen LogP contribution in [0.1, 0.15) is 43.2 Å². The number of imide groups is 1. The smallest absolute Gasteiger partial charge is 0.335 e. The van der Waals surface area contributed by atoms with Gasteiger partial charge in [0.15, 0.2) is 0 Å². The zero-order valence-electron chi connectivity index (χ0n) is 14.7. The number of nitrogens with one attached hydrogen (secondary N) is 2. The Morgan fingerprint density at radius 1 is 1.12 bits per heavy atom. The molecular formula is C18H24F3N3O2. The van der Waals surface area contributed by atoms with E-state index in [9.17, 15) is 22.8 Å². The topological polar surface area (TPSA) is 61.4 Å². The summed E-state index contributed by atoms with van der Waals surface area (Å²) in [4.78, 5) is 25.4. The van der Waals surface area contributed by atoms with E-state index in [1.54, 1.807) is 11.9 Å². The van der Waals surface area contributed by atoms with Gasteiger partial charge in [0.05, 0.1) is 12.1 Å². The van der Waals surface area contributed by atoms with Gasteiger partial charge >= 0.3 is 12.2 Å². The number of nitrogens with zero attached hydrogens (tertiary/aromatic N) is 1. The Hall–Kier alpha value is -2.09. The molecule has 0 spiro atoms. The summed E-state index contributed by atoms with van der Waals surface area (Å²) in [5.41, 5.74) is -0.0546. The minimum absolute atomic E-state index is 0.0287. The predicted molar refractivity (Wildman–Crippen MR) is 91.3 cm³/mol. The summed E-state index contributed by atoms with van der Waals surface area (Å²) in [6.07, 6.45) is 0.817. The first kappa shape index (κ1) is 20.2. The van der Waals surface area contributed by atoms with Crippen LogP contribution in [-0.2, 0) is 17.5 Å². The molecule has 1 fully saturated rings. The molecule has 8 heteroatoms. The van der Waals surface area contributed by atoms with Crippen LogP contribution in [-0.4, -0.2) is 36.5 Å². The molecule has 3 amide bonds. The molecule has 2 N–H and O–H groups in total. The first-order valence-corrected chi connectivity index (χ1v) is 8.69. The van der Waals surface area contributed by atoms with Crippen LogP contribution in [0.4, 0.5) is 18.0 Å². The highest BCUT2D eigenvalue weighted by Gasteiger charge is 2.29. The minimum Gasteiger partial charge on any atom is -0.335 e. The lowest BCUT2D eigenvalue weighted by molar-refractivity contribution is -0.137. The second kappa shape index (κ2) is 9.02. The third-order valence-corrected chi connectivity index (χ3v) is 4.34. The van der Waals surface area contributed by atoms with Gasteiger partial charge in [-0.1, -0.05) is 31.4 Å². The molecule has 0 radical (unpaired) electrons. The third kappa shape index (κ3) is 6.67. The number of hydrogen-bond acceptors (Lipinski definition) is 3. The second-order valence-electron chi connectivity index (χ2n) is 6.72. The summed E-state index contributed by atoms with van der Waals surface area (Å²) in [5.74, 6) is -0.451. The van der Waals surface area contributed by atoms with Gasteiger partial charge in [0.25, 0.3) is 0 Å². The molecule has 0 aromatic heterocycles. The van der Waals surface area contributed by atoms with E-state index in [0.717, 1.165) is 37.8 Å². The lowest BCUT2D eigenvalue weighted by Gasteiger charge is -2.23. The van der Waals surface area contributed by atoms with Crippen LogP contribution in [0.5, 0.6) is 0 Å². The number of carbonyl (C=O) groups is 2. The Morgan fingerprint density at radius 3 is 2.31 bits per heavy atom. The van der Waals surface area contributed by atoms with E-state index in [0.29, 0.717) is 12.1 Å². The van der Waals surface area contributed by atoms with Gasteiger partial charge in [-0.15, -0.1) is 0 Å². The maximum atomic E-state index is 12.5. The summed E-state index contributed by atoms with van der Waals surface area (Å²) in [7, 11) is 1.66. The largest absolute Gasteiger partial charge is 0.416 e. The number of halogens is 3. The van der Waals surface area contributed by atoms with E-state index in [-0.39, 0.29) is 12.6 Å². The molecular weight excluding hydrogens is 347 g/mol. The molecule has 0 atom stereocenters. The van der Waals surface area contributed by atoms with Crippen LogP contribution >= 0.6 is 0 Å². The number of rotatable bonds is 5. The van der Waals surface area contributed by atoms with Gasteiger partial charge in [-0.2, -0.15) is 13.2 Å². The van der Waals surface area contributed by atoms with Gasteiger partial charge in [-0.25, -0.2) is 4.79 Å². The number of urea groups is 1. The summed E-state index contributed by atoms with van der Waals surface area (Å²) in [6.45, 7) is 0.273. The zero-order chi connectivity index (χ0) is 19.2. The molecule has 1 aliphatic carbocycles. The first-order chi connectivity index (χ1) is 12.2. The Bertz CT molecular complexity index is 611. The molecule has 1 aromatic rings. The number of alkyl halides is 3. The van der Waals surface area contributed by atoms with Crippen molar-refractivity contribution in [3.63, 3.8) is 0 Å². The molecule has 1 aromatic carbocycles. The predicted octanol–water partition coefficient (Wildman–Crippen LogP) is 3.30. The Labute approximate surface area is 150 Å². The zero-order valence-corrected chi connectivity index (χ0v) is 14.7. The highest BCUT2D eigenvalue weighted by molar-refractivity contribution is 5.95. The molecule has 5 nitrogen and oxygen atoms in total. The highest BCUT2D eigenvalue weighted by atomic mass is 19.4. The first-order valence-electron chi connectivity index (χ1n) is 8.69. The number of likely N-dealkylation sites (N-methyl/N-ethyl adjacent to an activating group) is 1. The summed E-state index contributed by atoms with van der Waals surface area (Å²) < 4.78 is 37.6. The van der Waals surface area contributed by atoms with Gasteiger partial charge in [0.1, 0.15) is 0 Å². The molecule has 1 aliphatic rings. The molecule has 2 rings (SSSR count). The fourth-order valence-electron chi connectivity index (χ4n) is 3.05. The number of amides is 3. The van der Waals surface area contributed by atoms with Crippen molar-refractivity contribution in [1.29, 1.82) is 0 Å². The Kier molecular flexibility index (Phi) is 7.02. The molecule has 0 unspecified atom stereocenters. The van der Waals surface area contributed by atoms with Gasteiger partial charge in [-0.05, 0) is 37.6 Å². The molecule has 0 bridgehead atoms. The van der Waals surface area contributed by atoms with E-state index in [1.807, 2.05) is 0 Å². The third-order valence-electron chi connectivity index (χ3n) is 4.34. The maximum Gasteiger partial charge on any atom is 0.416 e. The van der Waals surface area contributed by atoms with Crippen molar-refractivity contribution in [3.8, 4) is 0 Å². The SMILES string of the molecule is CN(CC(=O)NC(=O)NC1CCCCC1)Cc1ccc(C(F)(F)F)cc1. The van der Waals surface area contributed by atoms with Gasteiger partial charge in [-0.3, -0.25) is 15.0 Å². The fraction of sp³-hybridized carbons (Fsp3) is 0.556. The monoisotopic (exact) mass is 371 g/mol. The Morgan fingerprint density at radius 2 is 1.73 bits per heavy atom. The maximum absolute atomic E-state index is 12.5. The van der Waals surface area contributed by atoms with E-state index in [1.165, 1.54) is 18.6 Å². The molecule has 0 heterocycles. The molecule has 144 valence electrons. The van der Waals surface area contributed by atoms with Crippen LogP contribution in [0.15, 0.2) is 24.3 Å². The molecule has 26 heavy (non-hydrogen) atoms. The van der Waals surface area contributed by atoms with Crippen molar-refractivity contribution in [3.05, 3.63) is 35.4 Å². The van der Waals surface area contributed by atoms with Crippen molar-refractivity contribution in [2.45, 2.75) is 50.9 Å². The number of benzene rings is 1. The van der Waals surface area contributed by atoms with Crippen LogP contribution in [0.3, 0.4) is 0 Å². The average Bonchev–Trinajstić information content (AvgIpc) is 2.54. The number of hydrogen-bond donors (Lipinski definition) is 2. The summed E-state index contributed by atoms with van der Waals surface area (Å²) in [5, 5.41) is 5.09. The van der Waals surface area contributed by atoms with Gasteiger partial charge < -0.3 is 5.32 Å². The molecule has 0 saturated heterocycles.